The Morgan fingerprint density at radius 2 is 0.907 bits per heavy atom. The highest BCUT2D eigenvalue weighted by atomic mass is 32.7. The minimum absolute atomic E-state index is 0.147. The summed E-state index contributed by atoms with van der Waals surface area (Å²) in [6.45, 7) is -4.37. The first-order chi connectivity index (χ1) is 26.3. The van der Waals surface area contributed by atoms with Gasteiger partial charge in [0, 0.05) is 12.4 Å². The molecule has 0 bridgehead atoms. The van der Waals surface area contributed by atoms with Gasteiger partial charge in [-0.3, -0.25) is 4.57 Å². The first kappa shape index (κ1) is 38.2. The minimum atomic E-state index is -3.86. The molecule has 276 valence electrons. The molecule has 0 spiro atoms. The molecule has 6 atom stereocenters. The van der Waals surface area contributed by atoms with Gasteiger partial charge >= 0.3 is 23.9 Å². The van der Waals surface area contributed by atoms with Crippen molar-refractivity contribution in [2.24, 2.45) is 0 Å². The Bertz CT molecular complexity index is 2070. The normalized spacial score (nSPS) is 20.4. The third kappa shape index (κ3) is 9.34. The van der Waals surface area contributed by atoms with E-state index in [9.17, 15) is 23.7 Å². The molecule has 1 aliphatic heterocycles. The van der Waals surface area contributed by atoms with E-state index in [1.165, 1.54) is 43.5 Å². The number of hydrogen-bond acceptors (Lipinski definition) is 12. The zero-order valence-electron chi connectivity index (χ0n) is 28.9. The fourth-order valence-corrected chi connectivity index (χ4v) is 9.64. The van der Waals surface area contributed by atoms with Crippen molar-refractivity contribution >= 4 is 47.1 Å². The molecule has 1 aliphatic rings. The first-order valence-corrected chi connectivity index (χ1v) is 19.9. The van der Waals surface area contributed by atoms with Crippen molar-refractivity contribution in [2.75, 3.05) is 13.7 Å². The molecule has 11 nitrogen and oxygen atoms in total. The van der Waals surface area contributed by atoms with Crippen molar-refractivity contribution in [1.29, 1.82) is 0 Å². The van der Waals surface area contributed by atoms with Gasteiger partial charge in [0.1, 0.15) is 12.7 Å². The lowest BCUT2D eigenvalue weighted by Crippen LogP contribution is -2.61. The fraction of sp³-hybridized carbons (Fsp3) is 0.171. The molecule has 0 aromatic heterocycles. The molecule has 0 aliphatic carbocycles. The lowest BCUT2D eigenvalue weighted by molar-refractivity contribution is -0.207. The molecule has 0 radical (unpaired) electrons. The van der Waals surface area contributed by atoms with Gasteiger partial charge in [-0.1, -0.05) is 91.0 Å². The third-order valence-electron chi connectivity index (χ3n) is 8.29. The summed E-state index contributed by atoms with van der Waals surface area (Å²) < 4.78 is 50.6. The lowest BCUT2D eigenvalue weighted by Gasteiger charge is -2.44. The van der Waals surface area contributed by atoms with E-state index in [4.69, 9.17) is 28.2 Å². The Kier molecular flexibility index (Phi) is 12.7. The molecule has 1 unspecified atom stereocenters. The monoisotopic (exact) mass is 766 g/mol. The first-order valence-electron chi connectivity index (χ1n) is 16.8. The SMILES string of the molecule is COP(=O)(S[C@@H]1O[C@H](COC(=O)c2ccccc2)[C@@H](OC(=O)c2ccccc2)[C@H](OC(=O)c2ccccc2)[C@@H]1OC(=O)c1ccccc1)c1ccccc1. The van der Waals surface area contributed by atoms with Gasteiger partial charge < -0.3 is 28.2 Å². The number of ether oxygens (including phenoxy) is 5. The van der Waals surface area contributed by atoms with Crippen molar-refractivity contribution in [3.8, 4) is 0 Å². The average molecular weight is 767 g/mol. The van der Waals surface area contributed by atoms with Gasteiger partial charge in [0.05, 0.1) is 22.3 Å². The second-order valence-corrected chi connectivity index (χ2v) is 16.5. The van der Waals surface area contributed by atoms with Crippen LogP contribution in [0.15, 0.2) is 152 Å². The highest BCUT2D eigenvalue weighted by Gasteiger charge is 2.55. The number of carbonyl (C=O) groups is 4. The molecule has 5 aromatic rings. The van der Waals surface area contributed by atoms with Gasteiger partial charge in [-0.05, 0) is 72.0 Å². The summed E-state index contributed by atoms with van der Waals surface area (Å²) >= 11 is 0.706. The Balaban J connectivity index is 1.45. The number of hydrogen-bond donors (Lipinski definition) is 0. The van der Waals surface area contributed by atoms with E-state index < -0.39 is 66.9 Å². The molecule has 6 rings (SSSR count). The van der Waals surface area contributed by atoms with Gasteiger partial charge in [-0.15, -0.1) is 0 Å². The smallest absolute Gasteiger partial charge is 0.338 e. The van der Waals surface area contributed by atoms with Crippen LogP contribution in [-0.2, 0) is 32.8 Å². The number of rotatable bonds is 13. The van der Waals surface area contributed by atoms with E-state index in [0.717, 1.165) is 0 Å². The van der Waals surface area contributed by atoms with E-state index >= 15 is 0 Å². The Morgan fingerprint density at radius 1 is 0.537 bits per heavy atom. The van der Waals surface area contributed by atoms with Crippen LogP contribution in [-0.4, -0.2) is 67.4 Å². The van der Waals surface area contributed by atoms with Crippen molar-refractivity contribution in [2.45, 2.75) is 29.9 Å². The van der Waals surface area contributed by atoms with Crippen LogP contribution >= 0.6 is 18.0 Å². The van der Waals surface area contributed by atoms with E-state index in [1.54, 1.807) is 115 Å². The van der Waals surface area contributed by atoms with Crippen molar-refractivity contribution < 1.29 is 52.0 Å². The molecule has 13 heteroatoms. The largest absolute Gasteiger partial charge is 0.459 e. The van der Waals surface area contributed by atoms with Crippen molar-refractivity contribution in [3.63, 3.8) is 0 Å². The predicted molar refractivity (Wildman–Crippen MR) is 201 cm³/mol. The fourth-order valence-electron chi connectivity index (χ4n) is 5.57. The van der Waals surface area contributed by atoms with Crippen LogP contribution in [0.1, 0.15) is 41.4 Å². The maximum atomic E-state index is 14.5. The Morgan fingerprint density at radius 3 is 1.33 bits per heavy atom. The topological polar surface area (TPSA) is 141 Å². The summed E-state index contributed by atoms with van der Waals surface area (Å²) in [5.74, 6) is -3.20. The second-order valence-electron chi connectivity index (χ2n) is 11.8. The van der Waals surface area contributed by atoms with Gasteiger partial charge in [0.2, 0.25) is 0 Å². The van der Waals surface area contributed by atoms with E-state index in [1.807, 2.05) is 0 Å². The van der Waals surface area contributed by atoms with Crippen LogP contribution in [0.25, 0.3) is 0 Å². The van der Waals surface area contributed by atoms with Crippen LogP contribution in [0.3, 0.4) is 0 Å². The second kappa shape index (κ2) is 18.0. The zero-order valence-corrected chi connectivity index (χ0v) is 30.6. The number of esters is 4. The highest BCUT2D eigenvalue weighted by Crippen LogP contribution is 2.61. The summed E-state index contributed by atoms with van der Waals surface area (Å²) in [6.07, 6.45) is -6.02. The summed E-state index contributed by atoms with van der Waals surface area (Å²) in [5, 5.41) is 0.316. The Hall–Kier alpha value is -5.52. The standard InChI is InChI=1S/C41H35O11PS/c1-47-53(46,32-25-15-6-16-26-32)54-41-36(52-40(45)31-23-13-5-14-24-31)35(51-39(44)30-21-11-4-12-22-30)34(50-38(43)29-19-9-3-10-20-29)33(49-41)27-48-37(42)28-17-7-2-8-18-28/h2-26,33-36,41H,27H2,1H3/t33-,34-,35+,36+,41+,53?/m1/s1. The zero-order chi connectivity index (χ0) is 37.9. The minimum Gasteiger partial charge on any atom is -0.459 e. The molecule has 5 aromatic carbocycles. The van der Waals surface area contributed by atoms with Crippen LogP contribution in [0.5, 0.6) is 0 Å². The quantitative estimate of drug-likeness (QED) is 0.0683. The summed E-state index contributed by atoms with van der Waals surface area (Å²) in [6, 6.07) is 40.7. The van der Waals surface area contributed by atoms with Crippen LogP contribution < -0.4 is 5.30 Å². The van der Waals surface area contributed by atoms with Gasteiger partial charge in [0.15, 0.2) is 23.7 Å². The van der Waals surface area contributed by atoms with Crippen LogP contribution in [0.2, 0.25) is 0 Å². The predicted octanol–water partition coefficient (Wildman–Crippen LogP) is 7.14. The van der Waals surface area contributed by atoms with Gasteiger partial charge in [-0.2, -0.15) is 0 Å². The van der Waals surface area contributed by atoms with Crippen molar-refractivity contribution in [3.05, 3.63) is 174 Å². The van der Waals surface area contributed by atoms with E-state index in [0.29, 0.717) is 16.7 Å². The molecule has 0 N–H and O–H groups in total. The molecule has 1 saturated heterocycles. The molecule has 1 heterocycles. The van der Waals surface area contributed by atoms with Crippen molar-refractivity contribution in [1.82, 2.24) is 0 Å². The number of carbonyl (C=O) groups excluding carboxylic acids is 4. The van der Waals surface area contributed by atoms with Crippen LogP contribution in [0.4, 0.5) is 0 Å². The maximum absolute atomic E-state index is 14.5. The number of benzene rings is 5. The molecule has 0 saturated carbocycles. The van der Waals surface area contributed by atoms with Gasteiger partial charge in [0.25, 0.3) is 6.57 Å². The molecular formula is C41H35O11PS. The molecular weight excluding hydrogens is 731 g/mol. The van der Waals surface area contributed by atoms with E-state index in [-0.39, 0.29) is 22.3 Å². The lowest BCUT2D eigenvalue weighted by atomic mass is 9.98. The highest BCUT2D eigenvalue weighted by molar-refractivity contribution is 8.59. The van der Waals surface area contributed by atoms with E-state index in [2.05, 4.69) is 0 Å². The van der Waals surface area contributed by atoms with Crippen LogP contribution in [0, 0.1) is 0 Å². The van der Waals surface area contributed by atoms with Gasteiger partial charge in [-0.25, -0.2) is 19.2 Å². The molecule has 0 amide bonds. The summed E-state index contributed by atoms with van der Waals surface area (Å²) in [5.41, 5.74) is -0.693. The average Bonchev–Trinajstić information content (AvgIpc) is 3.23. The maximum Gasteiger partial charge on any atom is 0.338 e. The summed E-state index contributed by atoms with van der Waals surface area (Å²) in [4.78, 5) is 54.5. The Labute approximate surface area is 315 Å². The molecule has 54 heavy (non-hydrogen) atoms. The third-order valence-corrected chi connectivity index (χ3v) is 13.1. The molecule has 1 fully saturated rings. The summed E-state index contributed by atoms with van der Waals surface area (Å²) in [7, 11) is 1.27.